The van der Waals surface area contributed by atoms with E-state index in [0.29, 0.717) is 12.0 Å². The number of ether oxygens (including phenoxy) is 2. The van der Waals surface area contributed by atoms with Gasteiger partial charge in [0.1, 0.15) is 5.60 Å². The molecule has 0 spiro atoms. The van der Waals surface area contributed by atoms with Crippen LogP contribution in [-0.4, -0.2) is 55.5 Å². The number of rotatable bonds is 3. The van der Waals surface area contributed by atoms with Gasteiger partial charge in [-0.15, -0.1) is 0 Å². The van der Waals surface area contributed by atoms with Gasteiger partial charge in [-0.25, -0.2) is 4.79 Å². The molecule has 0 radical (unpaired) electrons. The Morgan fingerprint density at radius 1 is 1.33 bits per heavy atom. The summed E-state index contributed by atoms with van der Waals surface area (Å²) in [6.07, 6.45) is 4.41. The Morgan fingerprint density at radius 2 is 2.14 bits per heavy atom. The van der Waals surface area contributed by atoms with Crippen molar-refractivity contribution < 1.29 is 14.3 Å². The van der Waals surface area contributed by atoms with Crippen molar-refractivity contribution in [2.24, 2.45) is 5.92 Å². The number of hydrogen-bond donors (Lipinski definition) is 1. The fraction of sp³-hybridized carbons (Fsp3) is 0.938. The van der Waals surface area contributed by atoms with Crippen LogP contribution in [0.5, 0.6) is 0 Å². The number of carbonyl (C=O) groups is 1. The fourth-order valence-electron chi connectivity index (χ4n) is 2.96. The molecule has 0 aromatic carbocycles. The Labute approximate surface area is 128 Å². The summed E-state index contributed by atoms with van der Waals surface area (Å²) in [6, 6.07) is 0.482. The summed E-state index contributed by atoms with van der Waals surface area (Å²) in [5.74, 6) is 0.521. The molecule has 5 nitrogen and oxygen atoms in total. The minimum Gasteiger partial charge on any atom is -0.444 e. The summed E-state index contributed by atoms with van der Waals surface area (Å²) in [7, 11) is 0. The lowest BCUT2D eigenvalue weighted by Crippen LogP contribution is -2.47. The summed E-state index contributed by atoms with van der Waals surface area (Å²) in [4.78, 5) is 14.0. The molecule has 0 aromatic heterocycles. The highest BCUT2D eigenvalue weighted by Gasteiger charge is 2.28. The molecule has 1 amide bonds. The number of likely N-dealkylation sites (tertiary alicyclic amines) is 1. The van der Waals surface area contributed by atoms with Gasteiger partial charge in [-0.1, -0.05) is 0 Å². The highest BCUT2D eigenvalue weighted by molar-refractivity contribution is 5.68. The summed E-state index contributed by atoms with van der Waals surface area (Å²) >= 11 is 0. The van der Waals surface area contributed by atoms with Crippen LogP contribution in [0.2, 0.25) is 0 Å². The number of piperidine rings is 1. The van der Waals surface area contributed by atoms with E-state index >= 15 is 0 Å². The molecule has 122 valence electrons. The molecule has 2 saturated heterocycles. The van der Waals surface area contributed by atoms with Crippen molar-refractivity contribution in [2.75, 3.05) is 32.8 Å². The monoisotopic (exact) mass is 298 g/mol. The average molecular weight is 298 g/mol. The first kappa shape index (κ1) is 16.6. The van der Waals surface area contributed by atoms with Gasteiger partial charge in [-0.2, -0.15) is 0 Å². The molecule has 2 unspecified atom stereocenters. The third-order valence-corrected chi connectivity index (χ3v) is 4.03. The molecule has 2 fully saturated rings. The lowest BCUT2D eigenvalue weighted by molar-refractivity contribution is 0.0158. The number of hydrogen-bond acceptors (Lipinski definition) is 4. The minimum absolute atomic E-state index is 0.173. The van der Waals surface area contributed by atoms with Gasteiger partial charge in [0.15, 0.2) is 0 Å². The van der Waals surface area contributed by atoms with Crippen LogP contribution in [0.3, 0.4) is 0 Å². The highest BCUT2D eigenvalue weighted by Crippen LogP contribution is 2.19. The van der Waals surface area contributed by atoms with Crippen molar-refractivity contribution in [1.82, 2.24) is 10.2 Å². The van der Waals surface area contributed by atoms with Crippen LogP contribution in [0, 0.1) is 5.92 Å². The van der Waals surface area contributed by atoms with Gasteiger partial charge in [-0.05, 0) is 58.9 Å². The summed E-state index contributed by atoms with van der Waals surface area (Å²) in [5.41, 5.74) is -0.415. The number of nitrogens with zero attached hydrogens (tertiary/aromatic N) is 1. The second kappa shape index (κ2) is 7.45. The number of carbonyl (C=O) groups excluding carboxylic acids is 1. The lowest BCUT2D eigenvalue weighted by atomic mass is 9.97. The zero-order valence-corrected chi connectivity index (χ0v) is 13.7. The van der Waals surface area contributed by atoms with Crippen LogP contribution in [0.25, 0.3) is 0 Å². The van der Waals surface area contributed by atoms with E-state index in [1.807, 2.05) is 25.7 Å². The Kier molecular flexibility index (Phi) is 5.88. The molecule has 21 heavy (non-hydrogen) atoms. The third-order valence-electron chi connectivity index (χ3n) is 4.03. The standard InChI is InChI=1S/C16H30N2O3/c1-16(2,3)21-15(19)18-8-4-6-13(11-18)10-17-14-7-5-9-20-12-14/h13-14,17H,4-12H2,1-3H3. The van der Waals surface area contributed by atoms with E-state index in [0.717, 1.165) is 45.7 Å². The van der Waals surface area contributed by atoms with Crippen LogP contribution in [0.4, 0.5) is 4.79 Å². The number of nitrogens with one attached hydrogen (secondary N) is 1. The van der Waals surface area contributed by atoms with E-state index in [9.17, 15) is 4.79 Å². The molecule has 2 aliphatic heterocycles. The molecule has 2 heterocycles. The van der Waals surface area contributed by atoms with Crippen molar-refractivity contribution in [3.63, 3.8) is 0 Å². The molecular formula is C16H30N2O3. The Balaban J connectivity index is 1.73. The van der Waals surface area contributed by atoms with Crippen LogP contribution >= 0.6 is 0 Å². The molecule has 5 heteroatoms. The van der Waals surface area contributed by atoms with E-state index < -0.39 is 5.60 Å². The first-order chi connectivity index (χ1) is 9.94. The van der Waals surface area contributed by atoms with Gasteiger partial charge in [0, 0.05) is 25.7 Å². The molecule has 2 rings (SSSR count). The van der Waals surface area contributed by atoms with E-state index in [4.69, 9.17) is 9.47 Å². The largest absolute Gasteiger partial charge is 0.444 e. The molecule has 0 aromatic rings. The molecular weight excluding hydrogens is 268 g/mol. The molecule has 1 N–H and O–H groups in total. The Morgan fingerprint density at radius 3 is 2.81 bits per heavy atom. The van der Waals surface area contributed by atoms with E-state index in [1.54, 1.807) is 0 Å². The minimum atomic E-state index is -0.415. The van der Waals surface area contributed by atoms with Crippen molar-refractivity contribution >= 4 is 6.09 Å². The molecule has 0 saturated carbocycles. The van der Waals surface area contributed by atoms with Gasteiger partial charge in [0.2, 0.25) is 0 Å². The molecule has 2 atom stereocenters. The van der Waals surface area contributed by atoms with Crippen molar-refractivity contribution in [2.45, 2.75) is 58.1 Å². The fourth-order valence-corrected chi connectivity index (χ4v) is 2.96. The van der Waals surface area contributed by atoms with Crippen LogP contribution < -0.4 is 5.32 Å². The third kappa shape index (κ3) is 5.83. The quantitative estimate of drug-likeness (QED) is 0.869. The topological polar surface area (TPSA) is 50.8 Å². The Hall–Kier alpha value is -0.810. The molecule has 0 bridgehead atoms. The van der Waals surface area contributed by atoms with Crippen LogP contribution in [0.15, 0.2) is 0 Å². The normalized spacial score (nSPS) is 27.5. The second-order valence-corrected chi connectivity index (χ2v) is 7.26. The lowest BCUT2D eigenvalue weighted by Gasteiger charge is -2.35. The van der Waals surface area contributed by atoms with Crippen LogP contribution in [0.1, 0.15) is 46.5 Å². The van der Waals surface area contributed by atoms with E-state index in [-0.39, 0.29) is 6.09 Å². The predicted molar refractivity (Wildman–Crippen MR) is 82.4 cm³/mol. The summed E-state index contributed by atoms with van der Waals surface area (Å²) in [5, 5.41) is 3.60. The first-order valence-electron chi connectivity index (χ1n) is 8.23. The molecule has 2 aliphatic rings. The highest BCUT2D eigenvalue weighted by atomic mass is 16.6. The Bertz CT molecular complexity index is 335. The van der Waals surface area contributed by atoms with Crippen molar-refractivity contribution in [3.05, 3.63) is 0 Å². The van der Waals surface area contributed by atoms with Gasteiger partial charge >= 0.3 is 6.09 Å². The maximum Gasteiger partial charge on any atom is 0.410 e. The van der Waals surface area contributed by atoms with Gasteiger partial charge in [0.25, 0.3) is 0 Å². The first-order valence-corrected chi connectivity index (χ1v) is 8.23. The van der Waals surface area contributed by atoms with E-state index in [1.165, 1.54) is 12.8 Å². The van der Waals surface area contributed by atoms with Crippen molar-refractivity contribution in [1.29, 1.82) is 0 Å². The second-order valence-electron chi connectivity index (χ2n) is 7.26. The van der Waals surface area contributed by atoms with Crippen LogP contribution in [-0.2, 0) is 9.47 Å². The average Bonchev–Trinajstić information content (AvgIpc) is 2.45. The summed E-state index contributed by atoms with van der Waals surface area (Å²) < 4.78 is 11.0. The maximum atomic E-state index is 12.1. The van der Waals surface area contributed by atoms with Gasteiger partial charge in [0.05, 0.1) is 6.61 Å². The zero-order chi connectivity index (χ0) is 15.3. The smallest absolute Gasteiger partial charge is 0.410 e. The predicted octanol–water partition coefficient (Wildman–Crippen LogP) is 2.40. The van der Waals surface area contributed by atoms with E-state index in [2.05, 4.69) is 5.32 Å². The maximum absolute atomic E-state index is 12.1. The summed E-state index contributed by atoms with van der Waals surface area (Å²) in [6.45, 7) is 10.0. The molecule has 0 aliphatic carbocycles. The van der Waals surface area contributed by atoms with Gasteiger partial charge < -0.3 is 19.7 Å². The SMILES string of the molecule is CC(C)(C)OC(=O)N1CCCC(CNC2CCCOC2)C1. The zero-order valence-electron chi connectivity index (χ0n) is 13.7. The van der Waals surface area contributed by atoms with Crippen molar-refractivity contribution in [3.8, 4) is 0 Å². The van der Waals surface area contributed by atoms with Gasteiger partial charge in [-0.3, -0.25) is 0 Å². The number of amides is 1.